The lowest BCUT2D eigenvalue weighted by molar-refractivity contribution is 0.319. The van der Waals surface area contributed by atoms with Gasteiger partial charge in [0.15, 0.2) is 0 Å². The van der Waals surface area contributed by atoms with Gasteiger partial charge in [-0.15, -0.1) is 0 Å². The molecular formula is C21H27F2N. The van der Waals surface area contributed by atoms with E-state index in [1.165, 1.54) is 0 Å². The normalized spacial score (nSPS) is 21.1. The average Bonchev–Trinajstić information content (AvgIpc) is 2.55. The first kappa shape index (κ1) is 18.6. The summed E-state index contributed by atoms with van der Waals surface area (Å²) in [6.45, 7) is 8.28. The van der Waals surface area contributed by atoms with Crippen molar-refractivity contribution in [2.75, 3.05) is 0 Å². The molecule has 0 saturated carbocycles. The Morgan fingerprint density at radius 1 is 1.33 bits per heavy atom. The molecule has 0 radical (unpaired) electrons. The molecule has 0 saturated heterocycles. The fraction of sp³-hybridized carbons (Fsp3) is 0.476. The molecule has 3 heteroatoms. The van der Waals surface area contributed by atoms with E-state index in [4.69, 9.17) is 0 Å². The second kappa shape index (κ2) is 8.36. The molecule has 0 aromatic carbocycles. The number of pyridine rings is 1. The number of aromatic nitrogens is 1. The third-order valence-electron chi connectivity index (χ3n) is 4.95. The molecule has 0 fully saturated rings. The van der Waals surface area contributed by atoms with E-state index in [0.717, 1.165) is 24.5 Å². The maximum Gasteiger partial charge on any atom is 0.131 e. The average molecular weight is 331 g/mol. The van der Waals surface area contributed by atoms with Crippen LogP contribution in [0.15, 0.2) is 48.2 Å². The van der Waals surface area contributed by atoms with E-state index >= 15 is 0 Å². The van der Waals surface area contributed by atoms with Gasteiger partial charge in [-0.1, -0.05) is 45.4 Å². The smallest absolute Gasteiger partial charge is 0.131 e. The highest BCUT2D eigenvalue weighted by Crippen LogP contribution is 2.44. The minimum Gasteiger partial charge on any atom is -0.256 e. The van der Waals surface area contributed by atoms with Crippen LogP contribution >= 0.6 is 0 Å². The van der Waals surface area contributed by atoms with Gasteiger partial charge in [0, 0.05) is 30.2 Å². The molecule has 0 aliphatic heterocycles. The van der Waals surface area contributed by atoms with Gasteiger partial charge in [-0.2, -0.15) is 0 Å². The molecule has 1 aliphatic carbocycles. The molecule has 0 bridgehead atoms. The molecule has 2 rings (SSSR count). The summed E-state index contributed by atoms with van der Waals surface area (Å²) in [5.41, 5.74) is 2.13. The fourth-order valence-electron chi connectivity index (χ4n) is 3.43. The Kier molecular flexibility index (Phi) is 6.47. The van der Waals surface area contributed by atoms with Crippen LogP contribution in [-0.2, 0) is 0 Å². The van der Waals surface area contributed by atoms with Crippen LogP contribution in [0, 0.1) is 24.7 Å². The van der Waals surface area contributed by atoms with Crippen LogP contribution in [0.2, 0.25) is 0 Å². The van der Waals surface area contributed by atoms with Crippen molar-refractivity contribution in [1.29, 1.82) is 0 Å². The Bertz CT molecular complexity index is 658. The van der Waals surface area contributed by atoms with Crippen molar-refractivity contribution in [2.24, 2.45) is 17.8 Å². The van der Waals surface area contributed by atoms with E-state index in [1.807, 2.05) is 19.1 Å². The molecule has 3 unspecified atom stereocenters. The summed E-state index contributed by atoms with van der Waals surface area (Å²) in [6.07, 6.45) is 9.07. The van der Waals surface area contributed by atoms with Crippen molar-refractivity contribution < 1.29 is 8.78 Å². The van der Waals surface area contributed by atoms with E-state index in [0.29, 0.717) is 17.2 Å². The number of allylic oxidation sites excluding steroid dienone is 6. The highest BCUT2D eigenvalue weighted by Gasteiger charge is 2.34. The standard InChI is InChI=1S/C21H27F2N/c1-5-7-10-17(14(3)6-2)18-12-16(22)13-19(23)20(18)21-15(4)9-8-11-24-21/h7-11,13-14,17-18H,5-6,12H2,1-4H3. The Morgan fingerprint density at radius 2 is 2.08 bits per heavy atom. The second-order valence-corrected chi connectivity index (χ2v) is 6.63. The van der Waals surface area contributed by atoms with E-state index in [9.17, 15) is 8.78 Å². The van der Waals surface area contributed by atoms with Crippen molar-refractivity contribution in [1.82, 2.24) is 4.98 Å². The van der Waals surface area contributed by atoms with Gasteiger partial charge in [0.2, 0.25) is 0 Å². The molecule has 3 atom stereocenters. The van der Waals surface area contributed by atoms with Crippen LogP contribution in [0.3, 0.4) is 0 Å². The molecule has 1 heterocycles. The van der Waals surface area contributed by atoms with E-state index in [-0.39, 0.29) is 24.1 Å². The highest BCUT2D eigenvalue weighted by atomic mass is 19.1. The van der Waals surface area contributed by atoms with Gasteiger partial charge < -0.3 is 0 Å². The lowest BCUT2D eigenvalue weighted by Crippen LogP contribution is -2.24. The molecule has 1 aromatic heterocycles. The minimum atomic E-state index is -0.483. The number of hydrogen-bond donors (Lipinski definition) is 0. The molecule has 0 amide bonds. The van der Waals surface area contributed by atoms with Crippen LogP contribution in [0.5, 0.6) is 0 Å². The van der Waals surface area contributed by atoms with Crippen LogP contribution in [-0.4, -0.2) is 4.98 Å². The Labute approximate surface area is 144 Å². The number of rotatable bonds is 6. The summed E-state index contributed by atoms with van der Waals surface area (Å²) in [7, 11) is 0. The SMILES string of the molecule is CCC=CC(C(C)CC)C1CC(F)=CC(F)=C1c1ncccc1C. The number of hydrogen-bond acceptors (Lipinski definition) is 1. The molecule has 1 aromatic rings. The predicted molar refractivity (Wildman–Crippen MR) is 96.7 cm³/mol. The van der Waals surface area contributed by atoms with Gasteiger partial charge in [-0.05, 0) is 36.8 Å². The quantitative estimate of drug-likeness (QED) is 0.537. The largest absolute Gasteiger partial charge is 0.256 e. The Hall–Kier alpha value is -1.77. The van der Waals surface area contributed by atoms with Gasteiger partial charge in [-0.3, -0.25) is 4.98 Å². The zero-order valence-corrected chi connectivity index (χ0v) is 15.0. The number of aryl methyl sites for hydroxylation is 1. The number of halogens is 2. The van der Waals surface area contributed by atoms with Gasteiger partial charge in [-0.25, -0.2) is 8.78 Å². The summed E-state index contributed by atoms with van der Waals surface area (Å²) in [6, 6.07) is 3.77. The van der Waals surface area contributed by atoms with E-state index < -0.39 is 5.83 Å². The lowest BCUT2D eigenvalue weighted by Gasteiger charge is -2.33. The van der Waals surface area contributed by atoms with Crippen molar-refractivity contribution in [2.45, 2.75) is 47.0 Å². The van der Waals surface area contributed by atoms with Gasteiger partial charge in [0.1, 0.15) is 11.7 Å². The molecule has 0 spiro atoms. The third-order valence-corrected chi connectivity index (χ3v) is 4.95. The van der Waals surface area contributed by atoms with Crippen molar-refractivity contribution in [3.63, 3.8) is 0 Å². The van der Waals surface area contributed by atoms with Gasteiger partial charge >= 0.3 is 0 Å². The first-order valence-corrected chi connectivity index (χ1v) is 8.83. The summed E-state index contributed by atoms with van der Waals surface area (Å²) in [5.74, 6) is -0.648. The van der Waals surface area contributed by atoms with Crippen LogP contribution in [0.25, 0.3) is 5.57 Å². The second-order valence-electron chi connectivity index (χ2n) is 6.63. The van der Waals surface area contributed by atoms with Crippen LogP contribution in [0.1, 0.15) is 51.3 Å². The first-order chi connectivity index (χ1) is 11.5. The van der Waals surface area contributed by atoms with Crippen LogP contribution in [0.4, 0.5) is 8.78 Å². The molecule has 0 N–H and O–H groups in total. The van der Waals surface area contributed by atoms with Gasteiger partial charge in [0.25, 0.3) is 0 Å². The molecule has 1 aliphatic rings. The summed E-state index contributed by atoms with van der Waals surface area (Å²) >= 11 is 0. The minimum absolute atomic E-state index is 0.0940. The van der Waals surface area contributed by atoms with E-state index in [1.54, 1.807) is 6.20 Å². The first-order valence-electron chi connectivity index (χ1n) is 8.83. The summed E-state index contributed by atoms with van der Waals surface area (Å²) in [4.78, 5) is 4.40. The number of nitrogens with zero attached hydrogens (tertiary/aromatic N) is 1. The third kappa shape index (κ3) is 4.00. The molecule has 1 nitrogen and oxygen atoms in total. The fourth-order valence-corrected chi connectivity index (χ4v) is 3.43. The predicted octanol–water partition coefficient (Wildman–Crippen LogP) is 6.57. The highest BCUT2D eigenvalue weighted by molar-refractivity contribution is 5.72. The van der Waals surface area contributed by atoms with Crippen molar-refractivity contribution >= 4 is 5.57 Å². The zero-order chi connectivity index (χ0) is 17.7. The molecule has 130 valence electrons. The maximum atomic E-state index is 14.8. The Morgan fingerprint density at radius 3 is 2.71 bits per heavy atom. The van der Waals surface area contributed by atoms with E-state index in [2.05, 4.69) is 37.9 Å². The Balaban J connectivity index is 2.55. The van der Waals surface area contributed by atoms with Crippen molar-refractivity contribution in [3.8, 4) is 0 Å². The zero-order valence-electron chi connectivity index (χ0n) is 15.0. The lowest BCUT2D eigenvalue weighted by atomic mass is 9.72. The van der Waals surface area contributed by atoms with Gasteiger partial charge in [0.05, 0.1) is 5.69 Å². The summed E-state index contributed by atoms with van der Waals surface area (Å²) < 4.78 is 28.8. The topological polar surface area (TPSA) is 12.9 Å². The molecular weight excluding hydrogens is 304 g/mol. The molecule has 24 heavy (non-hydrogen) atoms. The monoisotopic (exact) mass is 331 g/mol. The maximum absolute atomic E-state index is 14.8. The summed E-state index contributed by atoms with van der Waals surface area (Å²) in [5, 5.41) is 0. The van der Waals surface area contributed by atoms with Crippen LogP contribution < -0.4 is 0 Å². The van der Waals surface area contributed by atoms with Crippen molar-refractivity contribution in [3.05, 3.63) is 59.5 Å².